The maximum absolute atomic E-state index is 11.0. The highest BCUT2D eigenvalue weighted by atomic mass is 32.1. The summed E-state index contributed by atoms with van der Waals surface area (Å²) >= 11 is 1.35. The first kappa shape index (κ1) is 12.2. The van der Waals surface area contributed by atoms with Gasteiger partial charge in [-0.3, -0.25) is 4.79 Å². The molecule has 0 saturated carbocycles. The van der Waals surface area contributed by atoms with E-state index in [1.54, 1.807) is 17.5 Å². The summed E-state index contributed by atoms with van der Waals surface area (Å²) in [6.07, 6.45) is -0.138. The van der Waals surface area contributed by atoms with Crippen LogP contribution in [0.15, 0.2) is 17.5 Å². The molecule has 0 amide bonds. The van der Waals surface area contributed by atoms with Crippen molar-refractivity contribution in [1.29, 1.82) is 0 Å². The zero-order chi connectivity index (χ0) is 13.1. The molecule has 0 unspecified atom stereocenters. The normalized spacial score (nSPS) is 10.4. The van der Waals surface area contributed by atoms with Gasteiger partial charge in [0.2, 0.25) is 0 Å². The Hall–Kier alpha value is -2.22. The van der Waals surface area contributed by atoms with Crippen molar-refractivity contribution in [1.82, 2.24) is 15.0 Å². The lowest BCUT2D eigenvalue weighted by Gasteiger charge is -2.03. The quantitative estimate of drug-likeness (QED) is 0.842. The van der Waals surface area contributed by atoms with E-state index in [2.05, 4.69) is 10.3 Å². The zero-order valence-electron chi connectivity index (χ0n) is 9.11. The fourth-order valence-corrected chi connectivity index (χ4v) is 2.25. The Kier molecular flexibility index (Phi) is 3.38. The van der Waals surface area contributed by atoms with Crippen molar-refractivity contribution in [3.8, 4) is 10.6 Å². The van der Waals surface area contributed by atoms with Gasteiger partial charge in [-0.2, -0.15) is 0 Å². The van der Waals surface area contributed by atoms with E-state index in [0.29, 0.717) is 10.6 Å². The molecular weight excluding hydrogens is 258 g/mol. The molecule has 2 rings (SSSR count). The van der Waals surface area contributed by atoms with Crippen LogP contribution in [0.3, 0.4) is 0 Å². The van der Waals surface area contributed by atoms with E-state index in [1.165, 1.54) is 16.0 Å². The van der Waals surface area contributed by atoms with Crippen LogP contribution >= 0.6 is 11.3 Å². The molecule has 0 aliphatic rings. The number of hydrogen-bond donors (Lipinski definition) is 2. The van der Waals surface area contributed by atoms with E-state index in [9.17, 15) is 9.59 Å². The van der Waals surface area contributed by atoms with Gasteiger partial charge in [-0.05, 0) is 11.4 Å². The Morgan fingerprint density at radius 2 is 2.17 bits per heavy atom. The molecule has 2 heterocycles. The molecule has 0 aromatic carbocycles. The lowest BCUT2D eigenvalue weighted by molar-refractivity contribution is -0.137. The van der Waals surface area contributed by atoms with Crippen molar-refractivity contribution >= 4 is 23.3 Å². The molecule has 2 aromatic heterocycles. The predicted molar refractivity (Wildman–Crippen MR) is 62.5 cm³/mol. The van der Waals surface area contributed by atoms with Crippen molar-refractivity contribution < 1.29 is 19.8 Å². The van der Waals surface area contributed by atoms with Gasteiger partial charge >= 0.3 is 11.9 Å². The van der Waals surface area contributed by atoms with Crippen molar-refractivity contribution in [2.24, 2.45) is 0 Å². The highest BCUT2D eigenvalue weighted by Crippen LogP contribution is 2.27. The molecule has 2 N–H and O–H groups in total. The van der Waals surface area contributed by atoms with Gasteiger partial charge in [0.1, 0.15) is 5.69 Å². The number of aromatic carboxylic acids is 1. The van der Waals surface area contributed by atoms with Gasteiger partial charge in [0.15, 0.2) is 5.69 Å². The van der Waals surface area contributed by atoms with E-state index in [-0.39, 0.29) is 18.7 Å². The minimum atomic E-state index is -1.18. The smallest absolute Gasteiger partial charge is 0.358 e. The van der Waals surface area contributed by atoms with Crippen LogP contribution in [0.5, 0.6) is 0 Å². The first-order valence-electron chi connectivity index (χ1n) is 5.02. The monoisotopic (exact) mass is 267 g/mol. The minimum absolute atomic E-state index is 0.0862. The Labute approximate surface area is 105 Å². The van der Waals surface area contributed by atoms with E-state index in [1.807, 2.05) is 0 Å². The Morgan fingerprint density at radius 1 is 1.39 bits per heavy atom. The van der Waals surface area contributed by atoms with Crippen LogP contribution in [0, 0.1) is 0 Å². The molecule has 0 atom stereocenters. The van der Waals surface area contributed by atoms with Crippen molar-refractivity contribution in [3.05, 3.63) is 23.2 Å². The third-order valence-electron chi connectivity index (χ3n) is 2.23. The molecule has 0 aliphatic heterocycles. The van der Waals surface area contributed by atoms with E-state index in [4.69, 9.17) is 10.2 Å². The Morgan fingerprint density at radius 3 is 2.72 bits per heavy atom. The average Bonchev–Trinajstić information content (AvgIpc) is 2.94. The first-order chi connectivity index (χ1) is 8.59. The van der Waals surface area contributed by atoms with Crippen LogP contribution in [0.2, 0.25) is 0 Å². The van der Waals surface area contributed by atoms with Crippen LogP contribution in [-0.2, 0) is 11.3 Å². The summed E-state index contributed by atoms with van der Waals surface area (Å²) in [7, 11) is 0. The SMILES string of the molecule is O=C(O)CCn1nnc(C(=O)O)c1-c1cccs1. The number of hydrogen-bond acceptors (Lipinski definition) is 5. The average molecular weight is 267 g/mol. The number of aliphatic carboxylic acids is 1. The lowest BCUT2D eigenvalue weighted by atomic mass is 10.2. The van der Waals surface area contributed by atoms with Gasteiger partial charge in [0.25, 0.3) is 0 Å². The number of carboxylic acids is 2. The summed E-state index contributed by atoms with van der Waals surface area (Å²) in [6.45, 7) is 0.0862. The van der Waals surface area contributed by atoms with Crippen LogP contribution in [0.4, 0.5) is 0 Å². The summed E-state index contributed by atoms with van der Waals surface area (Å²) < 4.78 is 1.31. The highest BCUT2D eigenvalue weighted by molar-refractivity contribution is 7.13. The molecule has 0 saturated heterocycles. The highest BCUT2D eigenvalue weighted by Gasteiger charge is 2.21. The van der Waals surface area contributed by atoms with Gasteiger partial charge in [-0.15, -0.1) is 16.4 Å². The fraction of sp³-hybridized carbons (Fsp3) is 0.200. The second kappa shape index (κ2) is 4.96. The molecule has 94 valence electrons. The number of nitrogens with zero attached hydrogens (tertiary/aromatic N) is 3. The van der Waals surface area contributed by atoms with E-state index < -0.39 is 11.9 Å². The number of carboxylic acid groups (broad SMARTS) is 2. The molecule has 7 nitrogen and oxygen atoms in total. The summed E-state index contributed by atoms with van der Waals surface area (Å²) in [6, 6.07) is 3.52. The lowest BCUT2D eigenvalue weighted by Crippen LogP contribution is -2.08. The molecular formula is C10H9N3O4S. The molecule has 0 bridgehead atoms. The first-order valence-corrected chi connectivity index (χ1v) is 5.90. The van der Waals surface area contributed by atoms with Crippen LogP contribution < -0.4 is 0 Å². The van der Waals surface area contributed by atoms with Crippen LogP contribution in [-0.4, -0.2) is 37.1 Å². The molecule has 18 heavy (non-hydrogen) atoms. The second-order valence-corrected chi connectivity index (χ2v) is 4.38. The standard InChI is InChI=1S/C10H9N3O4S/c14-7(15)3-4-13-9(6-2-1-5-18-6)8(10(16)17)11-12-13/h1-2,5H,3-4H2,(H,14,15)(H,16,17). The zero-order valence-corrected chi connectivity index (χ0v) is 9.92. The topological polar surface area (TPSA) is 105 Å². The van der Waals surface area contributed by atoms with E-state index >= 15 is 0 Å². The summed E-state index contributed by atoms with van der Waals surface area (Å²) in [4.78, 5) is 22.3. The van der Waals surface area contributed by atoms with Crippen molar-refractivity contribution in [3.63, 3.8) is 0 Å². The minimum Gasteiger partial charge on any atom is -0.481 e. The van der Waals surface area contributed by atoms with Crippen LogP contribution in [0.25, 0.3) is 10.6 Å². The number of carbonyl (C=O) groups is 2. The Balaban J connectivity index is 2.41. The number of rotatable bonds is 5. The number of thiophene rings is 1. The predicted octanol–water partition coefficient (Wildman–Crippen LogP) is 1.18. The maximum atomic E-state index is 11.0. The maximum Gasteiger partial charge on any atom is 0.358 e. The summed E-state index contributed by atoms with van der Waals surface area (Å²) in [5.74, 6) is -2.15. The largest absolute Gasteiger partial charge is 0.481 e. The Bertz CT molecular complexity index is 576. The van der Waals surface area contributed by atoms with Crippen LogP contribution in [0.1, 0.15) is 16.9 Å². The fourth-order valence-electron chi connectivity index (χ4n) is 1.47. The van der Waals surface area contributed by atoms with E-state index in [0.717, 1.165) is 0 Å². The number of aryl methyl sites for hydroxylation is 1. The molecule has 0 spiro atoms. The van der Waals surface area contributed by atoms with Gasteiger partial charge in [0.05, 0.1) is 17.8 Å². The molecule has 8 heteroatoms. The number of aromatic nitrogens is 3. The molecule has 2 aromatic rings. The second-order valence-electron chi connectivity index (χ2n) is 3.44. The van der Waals surface area contributed by atoms with Crippen molar-refractivity contribution in [2.75, 3.05) is 0 Å². The van der Waals surface area contributed by atoms with Gasteiger partial charge in [0, 0.05) is 0 Å². The summed E-state index contributed by atoms with van der Waals surface area (Å²) in [5, 5.41) is 26.7. The van der Waals surface area contributed by atoms with Gasteiger partial charge in [-0.25, -0.2) is 9.48 Å². The van der Waals surface area contributed by atoms with Gasteiger partial charge in [-0.1, -0.05) is 11.3 Å². The summed E-state index contributed by atoms with van der Waals surface area (Å²) in [5.41, 5.74) is 0.182. The van der Waals surface area contributed by atoms with Crippen molar-refractivity contribution in [2.45, 2.75) is 13.0 Å². The molecule has 0 radical (unpaired) electrons. The van der Waals surface area contributed by atoms with Gasteiger partial charge < -0.3 is 10.2 Å². The third-order valence-corrected chi connectivity index (χ3v) is 3.11. The third kappa shape index (κ3) is 2.38. The molecule has 0 aliphatic carbocycles. The molecule has 0 fully saturated rings.